The van der Waals surface area contributed by atoms with E-state index in [0.29, 0.717) is 12.1 Å². The average molecular weight is 220 g/mol. The first-order valence-corrected chi connectivity index (χ1v) is 5.87. The maximum atomic E-state index is 5.96. The quantitative estimate of drug-likeness (QED) is 0.828. The summed E-state index contributed by atoms with van der Waals surface area (Å²) >= 11 is 0. The Morgan fingerprint density at radius 3 is 2.56 bits per heavy atom. The summed E-state index contributed by atoms with van der Waals surface area (Å²) in [5.74, 6) is 0.908. The van der Waals surface area contributed by atoms with Crippen molar-refractivity contribution < 1.29 is 4.74 Å². The van der Waals surface area contributed by atoms with Gasteiger partial charge >= 0.3 is 0 Å². The number of methoxy groups -OCH3 is 1. The second kappa shape index (κ2) is 4.74. The molecule has 1 saturated heterocycles. The van der Waals surface area contributed by atoms with Gasteiger partial charge in [-0.25, -0.2) is 0 Å². The number of hydrogen-bond acceptors (Lipinski definition) is 3. The molecule has 88 valence electrons. The van der Waals surface area contributed by atoms with E-state index in [9.17, 15) is 0 Å². The van der Waals surface area contributed by atoms with Gasteiger partial charge in [-0.05, 0) is 44.0 Å². The third kappa shape index (κ3) is 2.30. The van der Waals surface area contributed by atoms with Crippen molar-refractivity contribution in [2.45, 2.75) is 31.8 Å². The molecule has 1 aliphatic rings. The van der Waals surface area contributed by atoms with E-state index in [-0.39, 0.29) is 0 Å². The molecule has 2 atom stereocenters. The van der Waals surface area contributed by atoms with Crippen molar-refractivity contribution >= 4 is 5.69 Å². The highest BCUT2D eigenvalue weighted by molar-refractivity contribution is 5.50. The van der Waals surface area contributed by atoms with E-state index in [1.165, 1.54) is 5.69 Å². The Kier molecular flexibility index (Phi) is 3.34. The average Bonchev–Trinajstić information content (AvgIpc) is 2.29. The van der Waals surface area contributed by atoms with Crippen LogP contribution in [-0.2, 0) is 0 Å². The first-order valence-electron chi connectivity index (χ1n) is 5.87. The molecule has 2 N–H and O–H groups in total. The van der Waals surface area contributed by atoms with Crippen molar-refractivity contribution in [3.63, 3.8) is 0 Å². The summed E-state index contributed by atoms with van der Waals surface area (Å²) in [6.07, 6.45) is 2.16. The molecule has 0 radical (unpaired) electrons. The van der Waals surface area contributed by atoms with Crippen LogP contribution in [0, 0.1) is 0 Å². The maximum Gasteiger partial charge on any atom is 0.119 e. The zero-order chi connectivity index (χ0) is 11.5. The van der Waals surface area contributed by atoms with Crippen molar-refractivity contribution in [1.29, 1.82) is 0 Å². The zero-order valence-electron chi connectivity index (χ0n) is 10.0. The monoisotopic (exact) mass is 220 g/mol. The molecule has 0 bridgehead atoms. The molecule has 1 aromatic rings. The summed E-state index contributed by atoms with van der Waals surface area (Å²) in [6.45, 7) is 3.29. The molecule has 2 rings (SSSR count). The molecular weight excluding hydrogens is 200 g/mol. The highest BCUT2D eigenvalue weighted by Crippen LogP contribution is 2.25. The van der Waals surface area contributed by atoms with Gasteiger partial charge in [-0.3, -0.25) is 0 Å². The predicted octanol–water partition coefficient (Wildman–Crippen LogP) is 2.01. The summed E-state index contributed by atoms with van der Waals surface area (Å²) in [5, 5.41) is 0. The minimum atomic E-state index is 0.365. The lowest BCUT2D eigenvalue weighted by Gasteiger charge is -2.38. The first-order chi connectivity index (χ1) is 7.70. The molecule has 1 fully saturated rings. The Hall–Kier alpha value is -1.22. The summed E-state index contributed by atoms with van der Waals surface area (Å²) in [7, 11) is 1.69. The van der Waals surface area contributed by atoms with Crippen LogP contribution < -0.4 is 15.4 Å². The number of hydrogen-bond donors (Lipinski definition) is 1. The van der Waals surface area contributed by atoms with Gasteiger partial charge in [0.25, 0.3) is 0 Å². The van der Waals surface area contributed by atoms with Crippen molar-refractivity contribution in [2.75, 3.05) is 18.6 Å². The highest BCUT2D eigenvalue weighted by atomic mass is 16.5. The van der Waals surface area contributed by atoms with Gasteiger partial charge in [0, 0.05) is 24.3 Å². The lowest BCUT2D eigenvalue weighted by molar-refractivity contribution is 0.413. The summed E-state index contributed by atoms with van der Waals surface area (Å²) in [5.41, 5.74) is 7.23. The molecular formula is C13H20N2O. The molecule has 3 nitrogen and oxygen atoms in total. The maximum absolute atomic E-state index is 5.96. The Morgan fingerprint density at radius 2 is 2.00 bits per heavy atom. The summed E-state index contributed by atoms with van der Waals surface area (Å²) in [4.78, 5) is 2.42. The van der Waals surface area contributed by atoms with Gasteiger partial charge in [-0.15, -0.1) is 0 Å². The molecule has 2 unspecified atom stereocenters. The molecule has 0 saturated carbocycles. The predicted molar refractivity (Wildman–Crippen MR) is 67.0 cm³/mol. The van der Waals surface area contributed by atoms with E-state index in [1.807, 2.05) is 12.1 Å². The number of piperidine rings is 1. The zero-order valence-corrected chi connectivity index (χ0v) is 10.0. The van der Waals surface area contributed by atoms with Crippen LogP contribution in [0.3, 0.4) is 0 Å². The van der Waals surface area contributed by atoms with Crippen LogP contribution in [-0.4, -0.2) is 25.7 Å². The van der Waals surface area contributed by atoms with Gasteiger partial charge in [0.05, 0.1) is 7.11 Å². The van der Waals surface area contributed by atoms with E-state index in [4.69, 9.17) is 10.5 Å². The van der Waals surface area contributed by atoms with Crippen LogP contribution in [0.1, 0.15) is 19.8 Å². The van der Waals surface area contributed by atoms with Crippen molar-refractivity contribution in [3.05, 3.63) is 24.3 Å². The minimum absolute atomic E-state index is 0.365. The molecule has 16 heavy (non-hydrogen) atoms. The Labute approximate surface area is 97.2 Å². The second-order valence-electron chi connectivity index (χ2n) is 4.52. The van der Waals surface area contributed by atoms with E-state index in [1.54, 1.807) is 7.11 Å². The van der Waals surface area contributed by atoms with E-state index in [2.05, 4.69) is 24.0 Å². The molecule has 0 aliphatic carbocycles. The largest absolute Gasteiger partial charge is 0.497 e. The fourth-order valence-corrected chi connectivity index (χ4v) is 2.37. The van der Waals surface area contributed by atoms with Crippen LogP contribution >= 0.6 is 0 Å². The SMILES string of the molecule is COc1ccc(N2CCC(N)CC2C)cc1. The van der Waals surface area contributed by atoms with Crippen LogP contribution in [0.25, 0.3) is 0 Å². The van der Waals surface area contributed by atoms with E-state index in [0.717, 1.165) is 25.1 Å². The van der Waals surface area contributed by atoms with Crippen molar-refractivity contribution in [2.24, 2.45) is 5.73 Å². The lowest BCUT2D eigenvalue weighted by Crippen LogP contribution is -2.45. The number of anilines is 1. The third-order valence-corrected chi connectivity index (χ3v) is 3.32. The molecule has 1 aromatic carbocycles. The molecule has 3 heteroatoms. The first kappa shape index (κ1) is 11.3. The second-order valence-corrected chi connectivity index (χ2v) is 4.52. The minimum Gasteiger partial charge on any atom is -0.497 e. The molecule has 0 spiro atoms. The Morgan fingerprint density at radius 1 is 1.31 bits per heavy atom. The molecule has 1 heterocycles. The van der Waals surface area contributed by atoms with Crippen molar-refractivity contribution in [1.82, 2.24) is 0 Å². The van der Waals surface area contributed by atoms with Crippen LogP contribution in [0.2, 0.25) is 0 Å². The lowest BCUT2D eigenvalue weighted by atomic mass is 9.98. The van der Waals surface area contributed by atoms with Crippen LogP contribution in [0.5, 0.6) is 5.75 Å². The van der Waals surface area contributed by atoms with Gasteiger partial charge < -0.3 is 15.4 Å². The van der Waals surface area contributed by atoms with Crippen molar-refractivity contribution in [3.8, 4) is 5.75 Å². The van der Waals surface area contributed by atoms with Gasteiger partial charge in [0.2, 0.25) is 0 Å². The van der Waals surface area contributed by atoms with Gasteiger partial charge in [-0.1, -0.05) is 0 Å². The molecule has 1 aliphatic heterocycles. The van der Waals surface area contributed by atoms with E-state index < -0.39 is 0 Å². The van der Waals surface area contributed by atoms with Gasteiger partial charge in [-0.2, -0.15) is 0 Å². The van der Waals surface area contributed by atoms with Crippen LogP contribution in [0.4, 0.5) is 5.69 Å². The number of ether oxygens (including phenoxy) is 1. The molecule has 0 amide bonds. The third-order valence-electron chi connectivity index (χ3n) is 3.32. The van der Waals surface area contributed by atoms with E-state index >= 15 is 0 Å². The molecule has 0 aromatic heterocycles. The number of benzene rings is 1. The Bertz CT molecular complexity index is 336. The summed E-state index contributed by atoms with van der Waals surface area (Å²) in [6, 6.07) is 9.15. The fourth-order valence-electron chi connectivity index (χ4n) is 2.37. The number of nitrogens with two attached hydrogens (primary N) is 1. The topological polar surface area (TPSA) is 38.5 Å². The Balaban J connectivity index is 2.11. The fraction of sp³-hybridized carbons (Fsp3) is 0.538. The normalized spacial score (nSPS) is 25.6. The van der Waals surface area contributed by atoms with Gasteiger partial charge in [0.15, 0.2) is 0 Å². The number of rotatable bonds is 2. The summed E-state index contributed by atoms with van der Waals surface area (Å²) < 4.78 is 5.16. The smallest absolute Gasteiger partial charge is 0.119 e. The number of nitrogens with zero attached hydrogens (tertiary/aromatic N) is 1. The van der Waals surface area contributed by atoms with Crippen LogP contribution in [0.15, 0.2) is 24.3 Å². The highest BCUT2D eigenvalue weighted by Gasteiger charge is 2.23. The standard InChI is InChI=1S/C13H20N2O/c1-10-9-11(14)7-8-15(10)12-3-5-13(16-2)6-4-12/h3-6,10-11H,7-9,14H2,1-2H3. The van der Waals surface area contributed by atoms with Gasteiger partial charge in [0.1, 0.15) is 5.75 Å².